The number of urea groups is 1. The van der Waals surface area contributed by atoms with Crippen LogP contribution in [0.5, 0.6) is 0 Å². The zero-order chi connectivity index (χ0) is 20.8. The predicted molar refractivity (Wildman–Crippen MR) is 118 cm³/mol. The van der Waals surface area contributed by atoms with Crippen molar-refractivity contribution in [3.63, 3.8) is 0 Å². The number of halogens is 1. The van der Waals surface area contributed by atoms with Gasteiger partial charge >= 0.3 is 6.03 Å². The summed E-state index contributed by atoms with van der Waals surface area (Å²) < 4.78 is 0. The van der Waals surface area contributed by atoms with Crippen molar-refractivity contribution in [1.82, 2.24) is 10.3 Å². The van der Waals surface area contributed by atoms with Gasteiger partial charge in [0.25, 0.3) is 0 Å². The number of nitrogens with one attached hydrogen (secondary N) is 1. The first-order valence-corrected chi connectivity index (χ1v) is 10.6. The van der Waals surface area contributed by atoms with E-state index in [4.69, 9.17) is 11.6 Å². The molecule has 0 radical (unpaired) electrons. The fourth-order valence-electron chi connectivity index (χ4n) is 4.87. The summed E-state index contributed by atoms with van der Waals surface area (Å²) in [5, 5.41) is 5.59. The van der Waals surface area contributed by atoms with E-state index in [2.05, 4.69) is 22.4 Å². The molecule has 3 amide bonds. The lowest BCUT2D eigenvalue weighted by Crippen LogP contribution is -2.61. The third-order valence-corrected chi connectivity index (χ3v) is 6.71. The third-order valence-electron chi connectivity index (χ3n) is 6.38. The Morgan fingerprint density at radius 3 is 2.77 bits per heavy atom. The van der Waals surface area contributed by atoms with Crippen molar-refractivity contribution < 1.29 is 9.59 Å². The molecular formula is C24H22ClN3O2. The third kappa shape index (κ3) is 3.14. The van der Waals surface area contributed by atoms with Crippen molar-refractivity contribution in [3.8, 4) is 0 Å². The molecule has 2 aromatic carbocycles. The average Bonchev–Trinajstić information content (AvgIpc) is 2.73. The number of carbonyl (C=O) groups excluding carboxylic acids is 2. The van der Waals surface area contributed by atoms with Crippen LogP contribution in [0.1, 0.15) is 36.3 Å². The highest BCUT2D eigenvalue weighted by atomic mass is 35.5. The second-order valence-corrected chi connectivity index (χ2v) is 8.66. The van der Waals surface area contributed by atoms with E-state index in [-0.39, 0.29) is 29.8 Å². The molecule has 0 bridgehead atoms. The molecule has 3 atom stereocenters. The topological polar surface area (TPSA) is 62.3 Å². The lowest BCUT2D eigenvalue weighted by Gasteiger charge is -2.42. The lowest BCUT2D eigenvalue weighted by molar-refractivity contribution is -0.124. The summed E-state index contributed by atoms with van der Waals surface area (Å²) >= 11 is 6.48. The molecular weight excluding hydrogens is 398 g/mol. The van der Waals surface area contributed by atoms with Gasteiger partial charge in [0.1, 0.15) is 0 Å². The van der Waals surface area contributed by atoms with E-state index in [1.54, 1.807) is 12.4 Å². The van der Waals surface area contributed by atoms with Gasteiger partial charge < -0.3 is 5.32 Å². The van der Waals surface area contributed by atoms with E-state index < -0.39 is 0 Å². The number of benzene rings is 2. The molecule has 1 N–H and O–H groups in total. The molecule has 5 rings (SSSR count). The Morgan fingerprint density at radius 2 is 1.93 bits per heavy atom. The summed E-state index contributed by atoms with van der Waals surface area (Å²) in [5.41, 5.74) is 2.76. The molecule has 2 heterocycles. The van der Waals surface area contributed by atoms with Crippen LogP contribution in [0.3, 0.4) is 0 Å². The number of anilines is 1. The molecule has 1 aliphatic heterocycles. The van der Waals surface area contributed by atoms with Gasteiger partial charge in [-0.05, 0) is 49.3 Å². The Hall–Kier alpha value is -2.92. The number of hydrogen-bond acceptors (Lipinski definition) is 3. The Morgan fingerprint density at radius 1 is 1.10 bits per heavy atom. The number of amides is 3. The molecule has 30 heavy (non-hydrogen) atoms. The van der Waals surface area contributed by atoms with Gasteiger partial charge in [0.05, 0.1) is 17.8 Å². The van der Waals surface area contributed by atoms with Gasteiger partial charge in [-0.3, -0.25) is 9.78 Å². The van der Waals surface area contributed by atoms with Crippen LogP contribution in [-0.4, -0.2) is 23.0 Å². The monoisotopic (exact) mass is 419 g/mol. The van der Waals surface area contributed by atoms with Gasteiger partial charge in [-0.1, -0.05) is 48.0 Å². The highest BCUT2D eigenvalue weighted by molar-refractivity contribution is 6.31. The number of aryl methyl sites for hydroxylation is 1. The van der Waals surface area contributed by atoms with Gasteiger partial charge in [0.15, 0.2) is 0 Å². The van der Waals surface area contributed by atoms with Crippen LogP contribution in [0.25, 0.3) is 10.8 Å². The van der Waals surface area contributed by atoms with Crippen LogP contribution >= 0.6 is 11.6 Å². The first-order chi connectivity index (χ1) is 14.5. The Labute approximate surface area is 180 Å². The van der Waals surface area contributed by atoms with Crippen LogP contribution in [0.2, 0.25) is 5.02 Å². The minimum absolute atomic E-state index is 0.143. The van der Waals surface area contributed by atoms with E-state index in [9.17, 15) is 9.59 Å². The molecule has 152 valence electrons. The second-order valence-electron chi connectivity index (χ2n) is 8.25. The summed E-state index contributed by atoms with van der Waals surface area (Å²) in [6, 6.07) is 13.2. The maximum atomic E-state index is 13.4. The van der Waals surface area contributed by atoms with Crippen LogP contribution < -0.4 is 10.2 Å². The number of nitrogens with zero attached hydrogens (tertiary/aromatic N) is 2. The molecule has 1 saturated heterocycles. The summed E-state index contributed by atoms with van der Waals surface area (Å²) in [6.45, 7) is 2.02. The summed E-state index contributed by atoms with van der Waals surface area (Å²) in [5.74, 6) is -0.143. The van der Waals surface area contributed by atoms with Gasteiger partial charge in [0.2, 0.25) is 5.91 Å². The zero-order valence-corrected chi connectivity index (χ0v) is 17.4. The maximum Gasteiger partial charge on any atom is 0.329 e. The molecule has 2 fully saturated rings. The molecule has 2 aliphatic rings. The summed E-state index contributed by atoms with van der Waals surface area (Å²) in [7, 11) is 0. The van der Waals surface area contributed by atoms with Gasteiger partial charge in [-0.15, -0.1) is 0 Å². The number of pyridine rings is 1. The van der Waals surface area contributed by atoms with Gasteiger partial charge in [-0.25, -0.2) is 9.69 Å². The fraction of sp³-hybridized carbons (Fsp3) is 0.292. The van der Waals surface area contributed by atoms with Gasteiger partial charge in [-0.2, -0.15) is 0 Å². The maximum absolute atomic E-state index is 13.4. The van der Waals surface area contributed by atoms with Crippen molar-refractivity contribution in [2.75, 3.05) is 4.90 Å². The van der Waals surface area contributed by atoms with E-state index >= 15 is 0 Å². The van der Waals surface area contributed by atoms with Crippen LogP contribution in [0.4, 0.5) is 10.5 Å². The van der Waals surface area contributed by atoms with Crippen molar-refractivity contribution in [2.45, 2.75) is 38.1 Å². The fourth-order valence-corrected chi connectivity index (χ4v) is 5.26. The smallest absolute Gasteiger partial charge is 0.329 e. The number of aromatic nitrogens is 1. The Balaban J connectivity index is 1.43. The van der Waals surface area contributed by atoms with E-state index in [1.807, 2.05) is 37.3 Å². The molecule has 1 aromatic heterocycles. The summed E-state index contributed by atoms with van der Waals surface area (Å²) in [4.78, 5) is 31.9. The normalized spacial score (nSPS) is 23.9. The van der Waals surface area contributed by atoms with E-state index in [1.165, 1.54) is 4.90 Å². The van der Waals surface area contributed by atoms with Crippen molar-refractivity contribution in [1.29, 1.82) is 0 Å². The number of fused-ring (bicyclic) bond motifs is 2. The Kier molecular flexibility index (Phi) is 4.70. The number of hydrogen-bond donors (Lipinski definition) is 1. The van der Waals surface area contributed by atoms with Crippen LogP contribution in [-0.2, 0) is 4.79 Å². The molecule has 1 saturated carbocycles. The first-order valence-electron chi connectivity index (χ1n) is 10.3. The standard InChI is InChI=1S/C24H22ClN3O2/c1-14-6-8-17(20(25)10-14)15-7-9-19-21(11-15)27-24(30)28(23(19)29)22-13-26-12-16-4-2-3-5-18(16)22/h2-6,8,10,12-13,15,19,21H,7,9,11H2,1H3,(H,27,30). The van der Waals surface area contributed by atoms with Crippen molar-refractivity contribution in [2.24, 2.45) is 5.92 Å². The highest BCUT2D eigenvalue weighted by Crippen LogP contribution is 2.42. The van der Waals surface area contributed by atoms with Crippen LogP contribution in [0, 0.1) is 12.8 Å². The summed E-state index contributed by atoms with van der Waals surface area (Å²) in [6.07, 6.45) is 5.63. The van der Waals surface area contributed by atoms with Crippen molar-refractivity contribution >= 4 is 40.0 Å². The lowest BCUT2D eigenvalue weighted by atomic mass is 9.74. The molecule has 5 nitrogen and oxygen atoms in total. The van der Waals surface area contributed by atoms with E-state index in [0.29, 0.717) is 18.5 Å². The SMILES string of the molecule is Cc1ccc(C2CCC3C(=O)N(c4cncc5ccccc45)C(=O)NC3C2)c(Cl)c1. The minimum Gasteiger partial charge on any atom is -0.334 e. The zero-order valence-electron chi connectivity index (χ0n) is 16.6. The van der Waals surface area contributed by atoms with Gasteiger partial charge in [0, 0.05) is 28.0 Å². The predicted octanol–water partition coefficient (Wildman–Crippen LogP) is 5.21. The van der Waals surface area contributed by atoms with Crippen LogP contribution in [0.15, 0.2) is 54.9 Å². The first kappa shape index (κ1) is 19.1. The quantitative estimate of drug-likeness (QED) is 0.620. The number of imide groups is 1. The molecule has 0 spiro atoms. The minimum atomic E-state index is -0.380. The number of carbonyl (C=O) groups is 2. The molecule has 3 unspecified atom stereocenters. The second kappa shape index (κ2) is 7.40. The molecule has 6 heteroatoms. The largest absolute Gasteiger partial charge is 0.334 e. The highest BCUT2D eigenvalue weighted by Gasteiger charge is 2.45. The Bertz CT molecular complexity index is 1160. The average molecular weight is 420 g/mol. The number of rotatable bonds is 2. The molecule has 1 aliphatic carbocycles. The van der Waals surface area contributed by atoms with E-state index in [0.717, 1.165) is 33.3 Å². The molecule has 3 aromatic rings. The van der Waals surface area contributed by atoms with Crippen molar-refractivity contribution in [3.05, 3.63) is 71.0 Å².